The second-order valence-corrected chi connectivity index (χ2v) is 5.83. The molecule has 4 nitrogen and oxygen atoms in total. The van der Waals surface area contributed by atoms with Gasteiger partial charge in [0.1, 0.15) is 0 Å². The van der Waals surface area contributed by atoms with Gasteiger partial charge in [-0.05, 0) is 30.7 Å². The van der Waals surface area contributed by atoms with Crippen molar-refractivity contribution in [3.8, 4) is 0 Å². The lowest BCUT2D eigenvalue weighted by Crippen LogP contribution is -2.00. The number of carbonyl (C=O) groups excluding carboxylic acids is 1. The smallest absolute Gasteiger partial charge is 0.280 e. The molecule has 0 aromatic heterocycles. The summed E-state index contributed by atoms with van der Waals surface area (Å²) < 4.78 is 0. The monoisotopic (exact) mass is 321 g/mol. The number of hydrogen-bond donors (Lipinski definition) is 0. The number of nitro benzene ring substituents is 1. The summed E-state index contributed by atoms with van der Waals surface area (Å²) in [5.41, 5.74) is 0.945. The Balaban J connectivity index is 2.22. The highest BCUT2D eigenvalue weighted by Crippen LogP contribution is 2.30. The molecule has 108 valence electrons. The summed E-state index contributed by atoms with van der Waals surface area (Å²) in [6.07, 6.45) is 0. The summed E-state index contributed by atoms with van der Waals surface area (Å²) in [5.74, 6) is 0.316. The standard InChI is InChI=1S/C15H12ClNO3S/c1-10(18)13-8-12(6-7-15(13)17(19)20)21-9-11-4-2-3-5-14(11)16/h2-8H,9H2,1H3. The van der Waals surface area contributed by atoms with Crippen LogP contribution in [0.4, 0.5) is 5.69 Å². The van der Waals surface area contributed by atoms with E-state index in [1.165, 1.54) is 24.8 Å². The molecular formula is C15H12ClNO3S. The fourth-order valence-corrected chi connectivity index (χ4v) is 3.04. The van der Waals surface area contributed by atoms with Crippen molar-refractivity contribution in [1.29, 1.82) is 0 Å². The van der Waals surface area contributed by atoms with Crippen LogP contribution in [-0.4, -0.2) is 10.7 Å². The van der Waals surface area contributed by atoms with E-state index in [1.54, 1.807) is 12.1 Å². The molecule has 0 unspecified atom stereocenters. The predicted molar refractivity (Wildman–Crippen MR) is 84.1 cm³/mol. The molecule has 0 saturated heterocycles. The first-order chi connectivity index (χ1) is 9.99. The molecule has 0 saturated carbocycles. The van der Waals surface area contributed by atoms with E-state index in [-0.39, 0.29) is 17.0 Å². The molecule has 21 heavy (non-hydrogen) atoms. The summed E-state index contributed by atoms with van der Waals surface area (Å²) in [7, 11) is 0. The number of ketones is 1. The van der Waals surface area contributed by atoms with Crippen molar-refractivity contribution >= 4 is 34.8 Å². The van der Waals surface area contributed by atoms with Gasteiger partial charge in [0.2, 0.25) is 0 Å². The van der Waals surface area contributed by atoms with Gasteiger partial charge in [0.25, 0.3) is 5.69 Å². The van der Waals surface area contributed by atoms with Gasteiger partial charge in [-0.2, -0.15) is 0 Å². The average molecular weight is 322 g/mol. The van der Waals surface area contributed by atoms with Crippen LogP contribution in [0.3, 0.4) is 0 Å². The largest absolute Gasteiger partial charge is 0.294 e. The van der Waals surface area contributed by atoms with E-state index in [4.69, 9.17) is 11.6 Å². The highest BCUT2D eigenvalue weighted by molar-refractivity contribution is 7.98. The Morgan fingerprint density at radius 2 is 2.00 bits per heavy atom. The van der Waals surface area contributed by atoms with Crippen LogP contribution in [0.5, 0.6) is 0 Å². The van der Waals surface area contributed by atoms with Crippen LogP contribution in [-0.2, 0) is 5.75 Å². The molecule has 0 aliphatic heterocycles. The molecule has 0 atom stereocenters. The molecule has 2 rings (SSSR count). The van der Waals surface area contributed by atoms with Crippen molar-refractivity contribution < 1.29 is 9.72 Å². The molecule has 0 heterocycles. The van der Waals surface area contributed by atoms with E-state index in [0.717, 1.165) is 10.5 Å². The van der Waals surface area contributed by atoms with Crippen LogP contribution >= 0.6 is 23.4 Å². The molecule has 0 aliphatic carbocycles. The number of nitro groups is 1. The first kappa shape index (κ1) is 15.5. The van der Waals surface area contributed by atoms with E-state index in [2.05, 4.69) is 0 Å². The number of rotatable bonds is 5. The van der Waals surface area contributed by atoms with Gasteiger partial charge >= 0.3 is 0 Å². The molecule has 0 bridgehead atoms. The zero-order valence-electron chi connectivity index (χ0n) is 11.2. The minimum absolute atomic E-state index is 0.129. The van der Waals surface area contributed by atoms with Gasteiger partial charge in [0.15, 0.2) is 5.78 Å². The van der Waals surface area contributed by atoms with Crippen LogP contribution in [0.1, 0.15) is 22.8 Å². The fraction of sp³-hybridized carbons (Fsp3) is 0.133. The maximum absolute atomic E-state index is 11.5. The molecule has 2 aromatic carbocycles. The third kappa shape index (κ3) is 3.83. The first-order valence-corrected chi connectivity index (χ1v) is 7.51. The molecule has 0 amide bonds. The maximum atomic E-state index is 11.5. The van der Waals surface area contributed by atoms with Crippen molar-refractivity contribution in [1.82, 2.24) is 0 Å². The number of Topliss-reactive ketones (excluding diaryl/α,β-unsaturated/α-hetero) is 1. The van der Waals surface area contributed by atoms with Crippen molar-refractivity contribution in [2.45, 2.75) is 17.6 Å². The Bertz CT molecular complexity index is 703. The molecule has 0 fully saturated rings. The number of nitrogens with zero attached hydrogens (tertiary/aromatic N) is 1. The van der Waals surface area contributed by atoms with Gasteiger partial charge in [-0.15, -0.1) is 11.8 Å². The third-order valence-corrected chi connectivity index (χ3v) is 4.31. The normalized spacial score (nSPS) is 10.4. The highest BCUT2D eigenvalue weighted by atomic mass is 35.5. The maximum Gasteiger partial charge on any atom is 0.280 e. The van der Waals surface area contributed by atoms with Crippen LogP contribution in [0.25, 0.3) is 0 Å². The topological polar surface area (TPSA) is 60.2 Å². The number of benzene rings is 2. The minimum atomic E-state index is -0.542. The molecule has 0 N–H and O–H groups in total. The van der Waals surface area contributed by atoms with Crippen LogP contribution in [0.15, 0.2) is 47.4 Å². The molecule has 6 heteroatoms. The Morgan fingerprint density at radius 3 is 2.62 bits per heavy atom. The number of carbonyl (C=O) groups is 1. The quantitative estimate of drug-likeness (QED) is 0.345. The van der Waals surface area contributed by atoms with Gasteiger partial charge in [-0.25, -0.2) is 0 Å². The van der Waals surface area contributed by atoms with Crippen molar-refractivity contribution in [2.24, 2.45) is 0 Å². The molecule has 0 spiro atoms. The molecule has 2 aromatic rings. The minimum Gasteiger partial charge on any atom is -0.294 e. The Kier molecular flexibility index (Phi) is 4.98. The Hall–Kier alpha value is -1.85. The van der Waals surface area contributed by atoms with Gasteiger partial charge in [-0.1, -0.05) is 29.8 Å². The summed E-state index contributed by atoms with van der Waals surface area (Å²) in [4.78, 5) is 22.7. The van der Waals surface area contributed by atoms with E-state index >= 15 is 0 Å². The lowest BCUT2D eigenvalue weighted by atomic mass is 10.1. The van der Waals surface area contributed by atoms with Gasteiger partial charge in [0.05, 0.1) is 10.5 Å². The number of halogens is 1. The zero-order chi connectivity index (χ0) is 15.4. The van der Waals surface area contributed by atoms with Crippen LogP contribution in [0, 0.1) is 10.1 Å². The van der Waals surface area contributed by atoms with E-state index in [9.17, 15) is 14.9 Å². The summed E-state index contributed by atoms with van der Waals surface area (Å²) in [6, 6.07) is 12.1. The number of hydrogen-bond acceptors (Lipinski definition) is 4. The lowest BCUT2D eigenvalue weighted by Gasteiger charge is -2.06. The number of thioether (sulfide) groups is 1. The third-order valence-electron chi connectivity index (χ3n) is 2.90. The van der Waals surface area contributed by atoms with E-state index in [0.29, 0.717) is 10.8 Å². The average Bonchev–Trinajstić information content (AvgIpc) is 2.46. The highest BCUT2D eigenvalue weighted by Gasteiger charge is 2.17. The second kappa shape index (κ2) is 6.74. The first-order valence-electron chi connectivity index (χ1n) is 6.14. The summed E-state index contributed by atoms with van der Waals surface area (Å²) >= 11 is 7.56. The van der Waals surface area contributed by atoms with Gasteiger partial charge < -0.3 is 0 Å². The Labute approximate surface area is 131 Å². The summed E-state index contributed by atoms with van der Waals surface area (Å²) in [5, 5.41) is 11.6. The van der Waals surface area contributed by atoms with E-state index < -0.39 is 4.92 Å². The van der Waals surface area contributed by atoms with Crippen LogP contribution in [0.2, 0.25) is 5.02 Å². The van der Waals surface area contributed by atoms with E-state index in [1.807, 2.05) is 24.3 Å². The summed E-state index contributed by atoms with van der Waals surface area (Å²) in [6.45, 7) is 1.32. The molecule has 0 aliphatic rings. The zero-order valence-corrected chi connectivity index (χ0v) is 12.8. The molecular weight excluding hydrogens is 310 g/mol. The lowest BCUT2D eigenvalue weighted by molar-refractivity contribution is -0.385. The fourth-order valence-electron chi connectivity index (χ4n) is 1.82. The SMILES string of the molecule is CC(=O)c1cc(SCc2ccccc2Cl)ccc1[N+](=O)[O-]. The van der Waals surface area contributed by atoms with Gasteiger partial charge in [-0.3, -0.25) is 14.9 Å². The van der Waals surface area contributed by atoms with Crippen molar-refractivity contribution in [2.75, 3.05) is 0 Å². The predicted octanol–water partition coefficient (Wildman–Crippen LogP) is 4.74. The molecule has 0 radical (unpaired) electrons. The Morgan fingerprint density at radius 1 is 1.29 bits per heavy atom. The van der Waals surface area contributed by atoms with Crippen molar-refractivity contribution in [3.63, 3.8) is 0 Å². The van der Waals surface area contributed by atoms with Gasteiger partial charge in [0, 0.05) is 21.7 Å². The van der Waals surface area contributed by atoms with Crippen molar-refractivity contribution in [3.05, 3.63) is 68.7 Å². The second-order valence-electron chi connectivity index (χ2n) is 4.37. The van der Waals surface area contributed by atoms with Crippen LogP contribution < -0.4 is 0 Å².